The first kappa shape index (κ1) is 14.6. The van der Waals surface area contributed by atoms with Gasteiger partial charge in [-0.05, 0) is 18.2 Å². The molecule has 1 aliphatic rings. The number of hydrogen-bond donors (Lipinski definition) is 0. The maximum absolute atomic E-state index is 5.21. The summed E-state index contributed by atoms with van der Waals surface area (Å²) in [5, 5.41) is 0.993. The fourth-order valence-electron chi connectivity index (χ4n) is 2.98. The molecule has 0 spiro atoms. The molecule has 1 saturated heterocycles. The van der Waals surface area contributed by atoms with Gasteiger partial charge < -0.3 is 14.5 Å². The van der Waals surface area contributed by atoms with E-state index in [9.17, 15) is 0 Å². The first-order valence-electron chi connectivity index (χ1n) is 7.92. The van der Waals surface area contributed by atoms with Crippen molar-refractivity contribution >= 4 is 22.7 Å². The normalized spacial score (nSPS) is 14.9. The van der Waals surface area contributed by atoms with Gasteiger partial charge in [-0.15, -0.1) is 0 Å². The summed E-state index contributed by atoms with van der Waals surface area (Å²) in [6.07, 6.45) is 3.34. The molecule has 0 radical (unpaired) electrons. The van der Waals surface area contributed by atoms with Crippen LogP contribution in [0, 0.1) is 0 Å². The van der Waals surface area contributed by atoms with Crippen LogP contribution in [-0.4, -0.2) is 53.2 Å². The Hall–Kier alpha value is -2.96. The Morgan fingerprint density at radius 2 is 1.75 bits per heavy atom. The van der Waals surface area contributed by atoms with E-state index in [1.54, 1.807) is 19.6 Å². The number of hydrogen-bond acceptors (Lipinski definition) is 7. The van der Waals surface area contributed by atoms with Gasteiger partial charge in [0.15, 0.2) is 5.65 Å². The van der Waals surface area contributed by atoms with Crippen molar-refractivity contribution in [1.29, 1.82) is 0 Å². The lowest BCUT2D eigenvalue weighted by atomic mass is 10.2. The second kappa shape index (κ2) is 6.27. The average molecular weight is 322 g/mol. The zero-order valence-corrected chi connectivity index (χ0v) is 13.5. The topological polar surface area (TPSA) is 67.3 Å². The van der Waals surface area contributed by atoms with E-state index in [1.165, 1.54) is 0 Å². The van der Waals surface area contributed by atoms with Crippen LogP contribution in [0.25, 0.3) is 11.0 Å². The lowest BCUT2D eigenvalue weighted by Gasteiger charge is -2.36. The van der Waals surface area contributed by atoms with Crippen LogP contribution in [-0.2, 0) is 0 Å². The van der Waals surface area contributed by atoms with Crippen molar-refractivity contribution in [2.24, 2.45) is 0 Å². The van der Waals surface area contributed by atoms with E-state index in [4.69, 9.17) is 4.74 Å². The monoisotopic (exact) mass is 322 g/mol. The van der Waals surface area contributed by atoms with E-state index in [-0.39, 0.29) is 0 Å². The molecule has 0 unspecified atom stereocenters. The first-order chi connectivity index (χ1) is 11.8. The molecule has 0 saturated carbocycles. The number of aromatic nitrogens is 4. The Kier molecular flexibility index (Phi) is 3.82. The molecule has 0 aromatic carbocycles. The van der Waals surface area contributed by atoms with Crippen LogP contribution < -0.4 is 14.5 Å². The fourth-order valence-corrected chi connectivity index (χ4v) is 2.98. The van der Waals surface area contributed by atoms with E-state index in [2.05, 4.69) is 29.7 Å². The van der Waals surface area contributed by atoms with Crippen LogP contribution in [0.3, 0.4) is 0 Å². The summed E-state index contributed by atoms with van der Waals surface area (Å²) in [6, 6.07) is 9.79. The quantitative estimate of drug-likeness (QED) is 0.728. The van der Waals surface area contributed by atoms with E-state index in [0.717, 1.165) is 48.8 Å². The van der Waals surface area contributed by atoms with E-state index >= 15 is 0 Å². The number of ether oxygens (including phenoxy) is 1. The van der Waals surface area contributed by atoms with Crippen molar-refractivity contribution in [1.82, 2.24) is 19.9 Å². The minimum atomic E-state index is 0.641. The third-order valence-corrected chi connectivity index (χ3v) is 4.21. The molecule has 0 N–H and O–H groups in total. The van der Waals surface area contributed by atoms with Gasteiger partial charge >= 0.3 is 0 Å². The maximum Gasteiger partial charge on any atom is 0.214 e. The molecule has 0 amide bonds. The highest BCUT2D eigenvalue weighted by molar-refractivity contribution is 5.86. The van der Waals surface area contributed by atoms with E-state index in [1.807, 2.05) is 30.3 Å². The molecule has 4 heterocycles. The molecule has 7 heteroatoms. The smallest absolute Gasteiger partial charge is 0.214 e. The number of rotatable bonds is 3. The number of anilines is 2. The predicted octanol–water partition coefficient (Wildman–Crippen LogP) is 1.75. The minimum absolute atomic E-state index is 0.641. The molecular weight excluding hydrogens is 304 g/mol. The fraction of sp³-hybridized carbons (Fsp3) is 0.294. The number of methoxy groups -OCH3 is 1. The van der Waals surface area contributed by atoms with Crippen molar-refractivity contribution in [3.63, 3.8) is 0 Å². The van der Waals surface area contributed by atoms with E-state index < -0.39 is 0 Å². The molecular formula is C17H18N6O. The molecule has 122 valence electrons. The van der Waals surface area contributed by atoms with Crippen LogP contribution in [0.5, 0.6) is 5.88 Å². The van der Waals surface area contributed by atoms with Gasteiger partial charge in [0.2, 0.25) is 5.88 Å². The second-order valence-corrected chi connectivity index (χ2v) is 5.58. The third-order valence-electron chi connectivity index (χ3n) is 4.21. The van der Waals surface area contributed by atoms with E-state index in [0.29, 0.717) is 5.88 Å². The Labute approximate surface area is 140 Å². The van der Waals surface area contributed by atoms with Gasteiger partial charge in [-0.1, -0.05) is 6.07 Å². The first-order valence-corrected chi connectivity index (χ1v) is 7.92. The van der Waals surface area contributed by atoms with Gasteiger partial charge in [0.05, 0.1) is 12.5 Å². The lowest BCUT2D eigenvalue weighted by Crippen LogP contribution is -2.47. The van der Waals surface area contributed by atoms with Crippen molar-refractivity contribution in [2.75, 3.05) is 43.1 Å². The predicted molar refractivity (Wildman–Crippen MR) is 92.5 cm³/mol. The van der Waals surface area contributed by atoms with Crippen LogP contribution in [0.2, 0.25) is 0 Å². The van der Waals surface area contributed by atoms with Crippen molar-refractivity contribution in [3.8, 4) is 5.88 Å². The van der Waals surface area contributed by atoms with Gasteiger partial charge in [-0.2, -0.15) is 4.98 Å². The Balaban J connectivity index is 1.53. The Morgan fingerprint density at radius 1 is 0.917 bits per heavy atom. The number of piperazine rings is 1. The molecule has 7 nitrogen and oxygen atoms in total. The largest absolute Gasteiger partial charge is 0.481 e. The summed E-state index contributed by atoms with van der Waals surface area (Å²) in [6.45, 7) is 3.51. The molecule has 0 atom stereocenters. The summed E-state index contributed by atoms with van der Waals surface area (Å²) >= 11 is 0. The van der Waals surface area contributed by atoms with Crippen molar-refractivity contribution < 1.29 is 4.74 Å². The highest BCUT2D eigenvalue weighted by atomic mass is 16.5. The molecule has 0 aliphatic carbocycles. The summed E-state index contributed by atoms with van der Waals surface area (Å²) in [4.78, 5) is 22.1. The maximum atomic E-state index is 5.21. The third kappa shape index (κ3) is 2.68. The van der Waals surface area contributed by atoms with Crippen molar-refractivity contribution in [2.45, 2.75) is 0 Å². The zero-order valence-electron chi connectivity index (χ0n) is 13.5. The van der Waals surface area contributed by atoms with Gasteiger partial charge in [-0.3, -0.25) is 0 Å². The molecule has 3 aromatic rings. The SMILES string of the molecule is COc1cccc(N2CCN(c3ncnc4ncccc34)CC2)n1. The average Bonchev–Trinajstić information content (AvgIpc) is 2.68. The number of pyridine rings is 2. The summed E-state index contributed by atoms with van der Waals surface area (Å²) < 4.78 is 5.21. The number of nitrogens with zero attached hydrogens (tertiary/aromatic N) is 6. The van der Waals surface area contributed by atoms with Gasteiger partial charge in [0.25, 0.3) is 0 Å². The summed E-state index contributed by atoms with van der Waals surface area (Å²) in [7, 11) is 1.64. The Morgan fingerprint density at radius 3 is 2.58 bits per heavy atom. The van der Waals surface area contributed by atoms with Gasteiger partial charge in [-0.25, -0.2) is 15.0 Å². The van der Waals surface area contributed by atoms with Gasteiger partial charge in [0, 0.05) is 38.4 Å². The lowest BCUT2D eigenvalue weighted by molar-refractivity contribution is 0.397. The van der Waals surface area contributed by atoms with Crippen LogP contribution in [0.1, 0.15) is 0 Å². The van der Waals surface area contributed by atoms with Gasteiger partial charge in [0.1, 0.15) is 18.0 Å². The van der Waals surface area contributed by atoms with Crippen LogP contribution in [0.4, 0.5) is 11.6 Å². The summed E-state index contributed by atoms with van der Waals surface area (Å²) in [5.41, 5.74) is 0.736. The molecule has 3 aromatic heterocycles. The highest BCUT2D eigenvalue weighted by Gasteiger charge is 2.21. The Bertz CT molecular complexity index is 842. The number of fused-ring (bicyclic) bond motifs is 1. The molecule has 24 heavy (non-hydrogen) atoms. The highest BCUT2D eigenvalue weighted by Crippen LogP contribution is 2.24. The molecule has 1 fully saturated rings. The zero-order chi connectivity index (χ0) is 16.4. The molecule has 4 rings (SSSR count). The summed E-state index contributed by atoms with van der Waals surface area (Å²) in [5.74, 6) is 2.54. The van der Waals surface area contributed by atoms with Crippen molar-refractivity contribution in [3.05, 3.63) is 42.9 Å². The molecule has 1 aliphatic heterocycles. The second-order valence-electron chi connectivity index (χ2n) is 5.58. The molecule has 0 bridgehead atoms. The van der Waals surface area contributed by atoms with Crippen LogP contribution in [0.15, 0.2) is 42.9 Å². The van der Waals surface area contributed by atoms with Crippen LogP contribution >= 0.6 is 0 Å². The minimum Gasteiger partial charge on any atom is -0.481 e. The standard InChI is InChI=1S/C17H18N6O/c1-24-15-6-2-5-14(21-15)22-8-10-23(11-9-22)17-13-4-3-7-18-16(13)19-12-20-17/h2-7,12H,8-11H2,1H3.